The number of carbonyl (C=O) groups excluding carboxylic acids is 2. The highest BCUT2D eigenvalue weighted by atomic mass is 35.5. The average molecular weight is 922 g/mol. The van der Waals surface area contributed by atoms with E-state index in [9.17, 15) is 46.1 Å². The molecule has 0 radical (unpaired) electrons. The Hall–Kier alpha value is -5.05. The topological polar surface area (TPSA) is 187 Å². The quantitative estimate of drug-likeness (QED) is 0.0594. The van der Waals surface area contributed by atoms with Crippen molar-refractivity contribution in [3.63, 3.8) is 0 Å². The summed E-state index contributed by atoms with van der Waals surface area (Å²) < 4.78 is 73.9. The fourth-order valence-electron chi connectivity index (χ4n) is 5.65. The first kappa shape index (κ1) is 53.1. The van der Waals surface area contributed by atoms with E-state index < -0.39 is 48.3 Å². The van der Waals surface area contributed by atoms with Crippen LogP contribution in [0, 0.1) is 0 Å². The number of benzene rings is 2. The van der Waals surface area contributed by atoms with Gasteiger partial charge in [-0.15, -0.1) is 0 Å². The molecule has 0 bridgehead atoms. The van der Waals surface area contributed by atoms with E-state index in [2.05, 4.69) is 30.5 Å². The zero-order valence-electron chi connectivity index (χ0n) is 31.5. The van der Waals surface area contributed by atoms with Gasteiger partial charge < -0.3 is 45.8 Å². The molecule has 0 unspecified atom stereocenters. The number of nitrogens with zero attached hydrogens (tertiary/aromatic N) is 6. The summed E-state index contributed by atoms with van der Waals surface area (Å²) in [5.41, 5.74) is -0.174. The monoisotopic (exact) mass is 920 g/mol. The molecular weight excluding hydrogens is 873 g/mol. The Bertz CT molecular complexity index is 2050. The minimum absolute atomic E-state index is 0. The van der Waals surface area contributed by atoms with Crippen molar-refractivity contribution < 1.29 is 56.4 Å². The highest BCUT2D eigenvalue weighted by Gasteiger charge is 2.31. The van der Waals surface area contributed by atoms with E-state index in [-0.39, 0.29) is 32.8 Å². The van der Waals surface area contributed by atoms with Gasteiger partial charge in [-0.05, 0) is 60.7 Å². The van der Waals surface area contributed by atoms with Crippen molar-refractivity contribution >= 4 is 58.3 Å². The maximum absolute atomic E-state index is 12.6. The normalized spacial score (nSPS) is 14.9. The van der Waals surface area contributed by atoms with Gasteiger partial charge in [0.25, 0.3) is 0 Å². The first-order chi connectivity index (χ1) is 28.4. The molecule has 2 saturated heterocycles. The number of aliphatic hydroxyl groups excluding tert-OH is 4. The molecule has 2 aromatic carbocycles. The molecule has 2 aliphatic heterocycles. The Morgan fingerprint density at radius 2 is 1.16 bits per heavy atom. The van der Waals surface area contributed by atoms with Gasteiger partial charge in [0.1, 0.15) is 23.8 Å². The van der Waals surface area contributed by atoms with Crippen molar-refractivity contribution in [3.8, 4) is 0 Å². The SMILES string of the molecule is C.C.O=C(Nc1ccc(C(F)(F)F)cc1)N1CCN(c2ncc([C@H](O)CO)cc2Cl)CC1.O=C=Nc1ccc(C(F)(F)F)cc1.OC[C@@H](O)c1cnc(N2CCNCC2)c(Cl)c1. The van der Waals surface area contributed by atoms with E-state index in [0.717, 1.165) is 68.4 Å². The Balaban J connectivity index is 0.000000350. The third-order valence-corrected chi connectivity index (χ3v) is 9.47. The van der Waals surface area contributed by atoms with Crippen LogP contribution in [0.2, 0.25) is 10.0 Å². The second kappa shape index (κ2) is 24.6. The standard InChI is InChI=1S/C19H20ClF3N4O3.C11H16ClN3O2.C8H4F3NO.2CH4/c20-15-9-12(16(29)11-28)10-24-17(15)26-5-7-27(8-6-26)18(30)25-14-3-1-13(2-4-14)19(21,22)23;12-9-5-8(10(17)7-16)6-14-11(9)15-3-1-13-2-4-15;9-8(10,11)6-1-3-7(4-2-6)12-5-13;;/h1-4,9-10,16,28-29H,5-8,11H2,(H,25,30);5-6,10,13,16-17H,1-4,7H2;1-4H;2*1H4/t16-;10-;;;/m11.../s1. The number of piperazine rings is 2. The average Bonchev–Trinajstić information content (AvgIpc) is 3.23. The summed E-state index contributed by atoms with van der Waals surface area (Å²) >= 11 is 12.4. The number of aromatic nitrogens is 2. The van der Waals surface area contributed by atoms with E-state index in [1.165, 1.54) is 30.5 Å². The Morgan fingerprint density at radius 3 is 1.55 bits per heavy atom. The second-order valence-corrected chi connectivity index (χ2v) is 13.8. The molecule has 4 heterocycles. The van der Waals surface area contributed by atoms with Crippen LogP contribution in [0.1, 0.15) is 49.3 Å². The van der Waals surface area contributed by atoms with Crippen molar-refractivity contribution in [3.05, 3.63) is 105 Å². The molecule has 0 saturated carbocycles. The molecule has 2 aliphatic rings. The first-order valence-electron chi connectivity index (χ1n) is 18.0. The van der Waals surface area contributed by atoms with Crippen LogP contribution in [0.5, 0.6) is 0 Å². The molecule has 22 heteroatoms. The summed E-state index contributed by atoms with van der Waals surface area (Å²) in [4.78, 5) is 39.3. The van der Waals surface area contributed by atoms with E-state index in [1.54, 1.807) is 17.2 Å². The van der Waals surface area contributed by atoms with E-state index >= 15 is 0 Å². The Labute approximate surface area is 364 Å². The summed E-state index contributed by atoms with van der Waals surface area (Å²) in [6.07, 6.45) is -6.53. The number of alkyl halides is 6. The molecule has 2 fully saturated rings. The minimum atomic E-state index is -4.43. The number of isocyanates is 1. The Kier molecular flexibility index (Phi) is 21.0. The van der Waals surface area contributed by atoms with Crippen LogP contribution in [-0.4, -0.2) is 113 Å². The van der Waals surface area contributed by atoms with Crippen LogP contribution in [0.25, 0.3) is 0 Å². The lowest BCUT2D eigenvalue weighted by molar-refractivity contribution is -0.138. The molecular formula is C40H48Cl2F6N8O6. The van der Waals surface area contributed by atoms with Gasteiger partial charge in [-0.1, -0.05) is 38.1 Å². The highest BCUT2D eigenvalue weighted by molar-refractivity contribution is 6.33. The number of nitrogens with one attached hydrogen (secondary N) is 2. The number of anilines is 3. The van der Waals surface area contributed by atoms with Gasteiger partial charge in [-0.25, -0.2) is 19.6 Å². The van der Waals surface area contributed by atoms with Gasteiger partial charge in [0.05, 0.1) is 40.1 Å². The van der Waals surface area contributed by atoms with Gasteiger partial charge >= 0.3 is 18.4 Å². The zero-order valence-corrected chi connectivity index (χ0v) is 33.0. The minimum Gasteiger partial charge on any atom is -0.393 e. The molecule has 0 spiro atoms. The van der Waals surface area contributed by atoms with Crippen molar-refractivity contribution in [2.24, 2.45) is 4.99 Å². The molecule has 2 amide bonds. The molecule has 0 aliphatic carbocycles. The molecule has 4 aromatic rings. The molecule has 62 heavy (non-hydrogen) atoms. The summed E-state index contributed by atoms with van der Waals surface area (Å²) in [5, 5.41) is 43.7. The van der Waals surface area contributed by atoms with Crippen LogP contribution in [0.4, 0.5) is 54.1 Å². The summed E-state index contributed by atoms with van der Waals surface area (Å²) in [6, 6.07) is 11.0. The number of carbonyl (C=O) groups is 1. The summed E-state index contributed by atoms with van der Waals surface area (Å²) in [6.45, 7) is 4.44. The third-order valence-electron chi connectivity index (χ3n) is 8.92. The molecule has 2 aromatic heterocycles. The number of halogens is 8. The van der Waals surface area contributed by atoms with Gasteiger partial charge in [-0.3, -0.25) is 0 Å². The smallest absolute Gasteiger partial charge is 0.393 e. The third kappa shape index (κ3) is 15.4. The summed E-state index contributed by atoms with van der Waals surface area (Å²) in [7, 11) is 0. The number of aliphatic imine (C=N–C) groups is 1. The zero-order chi connectivity index (χ0) is 44.0. The van der Waals surface area contributed by atoms with Crippen LogP contribution in [0.15, 0.2) is 78.0 Å². The van der Waals surface area contributed by atoms with Gasteiger partial charge in [-0.2, -0.15) is 31.3 Å². The van der Waals surface area contributed by atoms with Crippen LogP contribution in [0.3, 0.4) is 0 Å². The number of hydrogen-bond donors (Lipinski definition) is 6. The maximum Gasteiger partial charge on any atom is 0.416 e. The molecule has 14 nitrogen and oxygen atoms in total. The predicted molar refractivity (Wildman–Crippen MR) is 225 cm³/mol. The van der Waals surface area contributed by atoms with Crippen molar-refractivity contribution in [1.29, 1.82) is 0 Å². The Morgan fingerprint density at radius 1 is 0.742 bits per heavy atom. The highest BCUT2D eigenvalue weighted by Crippen LogP contribution is 2.32. The number of pyridine rings is 2. The number of aliphatic hydroxyl groups is 4. The van der Waals surface area contributed by atoms with E-state index in [0.29, 0.717) is 53.2 Å². The number of rotatable bonds is 8. The lowest BCUT2D eigenvalue weighted by atomic mass is 10.1. The van der Waals surface area contributed by atoms with Crippen molar-refractivity contribution in [2.75, 3.05) is 80.7 Å². The van der Waals surface area contributed by atoms with Crippen molar-refractivity contribution in [2.45, 2.75) is 39.4 Å². The van der Waals surface area contributed by atoms with Crippen LogP contribution in [-0.2, 0) is 17.1 Å². The lowest BCUT2D eigenvalue weighted by Crippen LogP contribution is -2.50. The molecule has 2 atom stereocenters. The van der Waals surface area contributed by atoms with Crippen LogP contribution >= 0.6 is 23.2 Å². The maximum atomic E-state index is 12.6. The second-order valence-electron chi connectivity index (χ2n) is 13.0. The van der Waals surface area contributed by atoms with E-state index in [4.69, 9.17) is 33.4 Å². The number of amides is 2. The van der Waals surface area contributed by atoms with Gasteiger partial charge in [0.15, 0.2) is 0 Å². The molecule has 6 N–H and O–H groups in total. The molecule has 340 valence electrons. The van der Waals surface area contributed by atoms with Crippen LogP contribution < -0.4 is 20.4 Å². The summed E-state index contributed by atoms with van der Waals surface area (Å²) in [5.74, 6) is 1.25. The molecule has 6 rings (SSSR count). The largest absolute Gasteiger partial charge is 0.416 e. The number of hydrogen-bond acceptors (Lipinski definition) is 12. The van der Waals surface area contributed by atoms with E-state index in [1.807, 2.05) is 4.90 Å². The van der Waals surface area contributed by atoms with Gasteiger partial charge in [0.2, 0.25) is 6.08 Å². The number of urea groups is 1. The lowest BCUT2D eigenvalue weighted by Gasteiger charge is -2.35. The van der Waals surface area contributed by atoms with Gasteiger partial charge in [0, 0.05) is 81.6 Å². The van der Waals surface area contributed by atoms with Crippen molar-refractivity contribution in [1.82, 2.24) is 20.2 Å². The predicted octanol–water partition coefficient (Wildman–Crippen LogP) is 7.25. The first-order valence-corrected chi connectivity index (χ1v) is 18.8. The fraction of sp³-hybridized carbons (Fsp3) is 0.400. The fourth-order valence-corrected chi connectivity index (χ4v) is 6.24.